The zero-order valence-corrected chi connectivity index (χ0v) is 22.7. The number of nitrogens with two attached hydrogens (primary N) is 1. The van der Waals surface area contributed by atoms with E-state index in [4.69, 9.17) is 10.2 Å². The molecule has 40 heavy (non-hydrogen) atoms. The molecule has 0 aliphatic heterocycles. The predicted molar refractivity (Wildman–Crippen MR) is 149 cm³/mol. The summed E-state index contributed by atoms with van der Waals surface area (Å²) >= 11 is 0. The van der Waals surface area contributed by atoms with Crippen LogP contribution in [0.1, 0.15) is 78.5 Å². The summed E-state index contributed by atoms with van der Waals surface area (Å²) in [6, 6.07) is 23.4. The summed E-state index contributed by atoms with van der Waals surface area (Å²) in [4.78, 5) is 13.5. The number of rotatable bonds is 8. The number of nitrogens with one attached hydrogen (secondary N) is 1. The van der Waals surface area contributed by atoms with Crippen molar-refractivity contribution in [2.45, 2.75) is 62.9 Å². The van der Waals surface area contributed by atoms with Gasteiger partial charge in [-0.25, -0.2) is 4.39 Å². The SMILES string of the molecule is C[C@@H](NC(=O)c1cc(-c2nnc([C@](C)(N)Cc3ccccc3)o2)cc(C2(C#N)CCCC2)c1)c1ccc(F)cc1. The highest BCUT2D eigenvalue weighted by Crippen LogP contribution is 2.42. The lowest BCUT2D eigenvalue weighted by atomic mass is 9.79. The van der Waals surface area contributed by atoms with Crippen molar-refractivity contribution in [1.29, 1.82) is 5.26 Å². The summed E-state index contributed by atoms with van der Waals surface area (Å²) < 4.78 is 19.5. The molecular weight excluding hydrogens is 505 g/mol. The lowest BCUT2D eigenvalue weighted by Crippen LogP contribution is -2.35. The maximum Gasteiger partial charge on any atom is 0.251 e. The Kier molecular flexibility index (Phi) is 7.51. The Morgan fingerprint density at radius 2 is 1.82 bits per heavy atom. The number of nitrogens with zero attached hydrogens (tertiary/aromatic N) is 3. The van der Waals surface area contributed by atoms with Crippen molar-refractivity contribution in [2.24, 2.45) is 5.73 Å². The van der Waals surface area contributed by atoms with E-state index in [9.17, 15) is 14.4 Å². The number of carbonyl (C=O) groups excluding carboxylic acids is 1. The van der Waals surface area contributed by atoms with Gasteiger partial charge >= 0.3 is 0 Å². The molecule has 0 unspecified atom stereocenters. The molecule has 1 amide bonds. The third-order valence-corrected chi connectivity index (χ3v) is 7.71. The van der Waals surface area contributed by atoms with Gasteiger partial charge in [0.25, 0.3) is 5.91 Å². The molecule has 7 nitrogen and oxygen atoms in total. The number of nitriles is 1. The van der Waals surface area contributed by atoms with Crippen LogP contribution in [-0.2, 0) is 17.4 Å². The van der Waals surface area contributed by atoms with Gasteiger partial charge in [0.15, 0.2) is 0 Å². The summed E-state index contributed by atoms with van der Waals surface area (Å²) in [5.74, 6) is -0.149. The van der Waals surface area contributed by atoms with Gasteiger partial charge in [-0.3, -0.25) is 4.79 Å². The molecule has 0 radical (unpaired) electrons. The summed E-state index contributed by atoms with van der Waals surface area (Å²) in [6.07, 6.45) is 3.81. The van der Waals surface area contributed by atoms with E-state index >= 15 is 0 Å². The maximum absolute atomic E-state index is 13.5. The van der Waals surface area contributed by atoms with Crippen LogP contribution in [0.5, 0.6) is 0 Å². The first-order valence-corrected chi connectivity index (χ1v) is 13.5. The monoisotopic (exact) mass is 537 g/mol. The molecular formula is C32H32FN5O2. The number of hydrogen-bond donors (Lipinski definition) is 2. The van der Waals surface area contributed by atoms with Crippen LogP contribution in [0.25, 0.3) is 11.5 Å². The first kappa shape index (κ1) is 27.2. The normalized spacial score (nSPS) is 16.6. The van der Waals surface area contributed by atoms with E-state index in [1.54, 1.807) is 24.3 Å². The molecule has 1 fully saturated rings. The second kappa shape index (κ2) is 11.0. The summed E-state index contributed by atoms with van der Waals surface area (Å²) in [7, 11) is 0. The molecule has 8 heteroatoms. The zero-order valence-electron chi connectivity index (χ0n) is 22.7. The van der Waals surface area contributed by atoms with Crippen LogP contribution < -0.4 is 11.1 Å². The highest BCUT2D eigenvalue weighted by molar-refractivity contribution is 5.96. The highest BCUT2D eigenvalue weighted by atomic mass is 19.1. The Morgan fingerprint density at radius 1 is 1.12 bits per heavy atom. The van der Waals surface area contributed by atoms with Crippen LogP contribution in [0.2, 0.25) is 0 Å². The lowest BCUT2D eigenvalue weighted by Gasteiger charge is -2.23. The molecule has 204 valence electrons. The van der Waals surface area contributed by atoms with Crippen LogP contribution >= 0.6 is 0 Å². The molecule has 1 aliphatic rings. The number of halogens is 1. The maximum atomic E-state index is 13.5. The van der Waals surface area contributed by atoms with Gasteiger partial charge in [-0.2, -0.15) is 5.26 Å². The Morgan fingerprint density at radius 3 is 2.50 bits per heavy atom. The fraction of sp³-hybridized carbons (Fsp3) is 0.312. The smallest absolute Gasteiger partial charge is 0.251 e. The van der Waals surface area contributed by atoms with Crippen LogP contribution in [0.15, 0.2) is 77.2 Å². The molecule has 3 N–H and O–H groups in total. The standard InChI is InChI=1S/C32H32FN5O2/c1-21(23-10-12-27(33)13-11-23)36-28(39)24-16-25(18-26(17-24)32(20-34)14-6-7-15-32)29-37-38-30(40-29)31(2,35)19-22-8-4-3-5-9-22/h3-5,8-13,16-18,21H,6-7,14-15,19,35H2,1-2H3,(H,36,39)/t21-,31-/m1/s1. The van der Waals surface area contributed by atoms with Gasteiger partial charge in [0.05, 0.1) is 23.1 Å². The molecule has 2 atom stereocenters. The molecule has 1 aliphatic carbocycles. The molecule has 5 rings (SSSR count). The lowest BCUT2D eigenvalue weighted by molar-refractivity contribution is 0.0939. The first-order chi connectivity index (χ1) is 19.2. The quantitative estimate of drug-likeness (QED) is 0.280. The van der Waals surface area contributed by atoms with Gasteiger partial charge < -0.3 is 15.5 Å². The van der Waals surface area contributed by atoms with Crippen LogP contribution in [0, 0.1) is 17.1 Å². The second-order valence-corrected chi connectivity index (χ2v) is 10.9. The number of carbonyl (C=O) groups is 1. The zero-order chi connectivity index (χ0) is 28.3. The molecule has 1 saturated carbocycles. The average Bonchev–Trinajstić information content (AvgIpc) is 3.65. The van der Waals surface area contributed by atoms with Gasteiger partial charge in [-0.15, -0.1) is 10.2 Å². The summed E-state index contributed by atoms with van der Waals surface area (Å²) in [6.45, 7) is 3.68. The largest absolute Gasteiger partial charge is 0.419 e. The van der Waals surface area contributed by atoms with Crippen molar-refractivity contribution in [3.63, 3.8) is 0 Å². The Bertz CT molecular complexity index is 1530. The molecule has 0 bridgehead atoms. The first-order valence-electron chi connectivity index (χ1n) is 13.5. The van der Waals surface area contributed by atoms with E-state index in [1.807, 2.05) is 50.2 Å². The summed E-state index contributed by atoms with van der Waals surface area (Å²) in [5.41, 5.74) is 8.51. The fourth-order valence-electron chi connectivity index (χ4n) is 5.38. The predicted octanol–water partition coefficient (Wildman–Crippen LogP) is 6.12. The van der Waals surface area contributed by atoms with Crippen molar-refractivity contribution in [1.82, 2.24) is 15.5 Å². The van der Waals surface area contributed by atoms with Gasteiger partial charge in [0.1, 0.15) is 5.82 Å². The van der Waals surface area contributed by atoms with Crippen LogP contribution in [-0.4, -0.2) is 16.1 Å². The van der Waals surface area contributed by atoms with E-state index in [2.05, 4.69) is 21.6 Å². The number of hydrogen-bond acceptors (Lipinski definition) is 6. The minimum absolute atomic E-state index is 0.230. The van der Waals surface area contributed by atoms with Crippen LogP contribution in [0.4, 0.5) is 4.39 Å². The Balaban J connectivity index is 1.48. The second-order valence-electron chi connectivity index (χ2n) is 10.9. The van der Waals surface area contributed by atoms with Crippen molar-refractivity contribution in [3.05, 3.63) is 107 Å². The Hall–Kier alpha value is -4.35. The van der Waals surface area contributed by atoms with Gasteiger partial charge in [-0.1, -0.05) is 55.3 Å². The van der Waals surface area contributed by atoms with Gasteiger partial charge in [0, 0.05) is 11.1 Å². The molecule has 1 heterocycles. The van der Waals surface area contributed by atoms with E-state index in [-0.39, 0.29) is 29.5 Å². The van der Waals surface area contributed by atoms with E-state index in [0.29, 0.717) is 30.4 Å². The molecule has 1 aromatic heterocycles. The topological polar surface area (TPSA) is 118 Å². The highest BCUT2D eigenvalue weighted by Gasteiger charge is 2.37. The van der Waals surface area contributed by atoms with Crippen molar-refractivity contribution < 1.29 is 13.6 Å². The van der Waals surface area contributed by atoms with E-state index in [0.717, 1.165) is 29.5 Å². The molecule has 0 saturated heterocycles. The van der Waals surface area contributed by atoms with Crippen molar-refractivity contribution >= 4 is 5.91 Å². The van der Waals surface area contributed by atoms with E-state index < -0.39 is 11.0 Å². The molecule has 4 aromatic rings. The summed E-state index contributed by atoms with van der Waals surface area (Å²) in [5, 5.41) is 21.7. The number of amides is 1. The third-order valence-electron chi connectivity index (χ3n) is 7.71. The molecule has 3 aromatic carbocycles. The number of aromatic nitrogens is 2. The van der Waals surface area contributed by atoms with E-state index in [1.165, 1.54) is 12.1 Å². The van der Waals surface area contributed by atoms with Crippen molar-refractivity contribution in [3.8, 4) is 17.5 Å². The number of benzene rings is 3. The minimum Gasteiger partial charge on any atom is -0.419 e. The van der Waals surface area contributed by atoms with Crippen molar-refractivity contribution in [2.75, 3.05) is 0 Å². The molecule has 0 spiro atoms. The Labute approximate surface area is 233 Å². The fourth-order valence-corrected chi connectivity index (χ4v) is 5.38. The van der Waals surface area contributed by atoms with Crippen LogP contribution in [0.3, 0.4) is 0 Å². The third kappa shape index (κ3) is 5.65. The minimum atomic E-state index is -0.908. The van der Waals surface area contributed by atoms with Gasteiger partial charge in [0.2, 0.25) is 11.8 Å². The van der Waals surface area contributed by atoms with Gasteiger partial charge in [-0.05, 0) is 80.1 Å². The average molecular weight is 538 g/mol.